The first-order valence-corrected chi connectivity index (χ1v) is 9.40. The first-order chi connectivity index (χ1) is 10.3. The van der Waals surface area contributed by atoms with Crippen LogP contribution in [0, 0.1) is 5.92 Å². The third-order valence-electron chi connectivity index (χ3n) is 4.56. The molecule has 2 N–H and O–H groups in total. The molecule has 0 heterocycles. The van der Waals surface area contributed by atoms with Crippen LogP contribution in [0.4, 0.5) is 0 Å². The summed E-state index contributed by atoms with van der Waals surface area (Å²) in [5, 5.41) is 0. The molecule has 2 rings (SSSR count). The maximum atomic E-state index is 2.49. The van der Waals surface area contributed by atoms with Crippen molar-refractivity contribution in [1.29, 1.82) is 0 Å². The number of rotatable bonds is 7. The van der Waals surface area contributed by atoms with Gasteiger partial charge in [0.2, 0.25) is 0 Å². The van der Waals surface area contributed by atoms with Gasteiger partial charge in [0.05, 0.1) is 0 Å². The number of hydrogen-bond donors (Lipinski definition) is 0. The van der Waals surface area contributed by atoms with Crippen LogP contribution in [0.5, 0.6) is 0 Å². The smallest absolute Gasteiger partial charge is 0 e. The summed E-state index contributed by atoms with van der Waals surface area (Å²) in [7, 11) is 0. The SMILES string of the molecule is CC.CCCCCCCCc1ccc2c(c1)CCC(C)C2.O.[HH]. The van der Waals surface area contributed by atoms with Crippen molar-refractivity contribution >= 4 is 0 Å². The highest BCUT2D eigenvalue weighted by atomic mass is 16.0. The Morgan fingerprint density at radius 2 is 1.68 bits per heavy atom. The van der Waals surface area contributed by atoms with E-state index in [9.17, 15) is 0 Å². The summed E-state index contributed by atoms with van der Waals surface area (Å²) in [5.74, 6) is 0.886. The molecule has 1 aromatic carbocycles. The molecule has 1 aliphatic carbocycles. The highest BCUT2D eigenvalue weighted by Crippen LogP contribution is 2.26. The first-order valence-electron chi connectivity index (χ1n) is 9.40. The Morgan fingerprint density at radius 1 is 1.00 bits per heavy atom. The van der Waals surface area contributed by atoms with Gasteiger partial charge in [-0.1, -0.05) is 78.0 Å². The van der Waals surface area contributed by atoms with Gasteiger partial charge in [0, 0.05) is 1.43 Å². The van der Waals surface area contributed by atoms with E-state index in [1.807, 2.05) is 13.8 Å². The molecule has 1 aliphatic rings. The van der Waals surface area contributed by atoms with Gasteiger partial charge in [-0.3, -0.25) is 0 Å². The molecule has 0 saturated carbocycles. The molecule has 1 unspecified atom stereocenters. The van der Waals surface area contributed by atoms with Gasteiger partial charge in [-0.15, -0.1) is 0 Å². The molecular weight excluding hydrogens is 268 g/mol. The van der Waals surface area contributed by atoms with Crippen LogP contribution in [0.15, 0.2) is 18.2 Å². The molecule has 22 heavy (non-hydrogen) atoms. The zero-order chi connectivity index (χ0) is 15.5. The Bertz CT molecular complexity index is 389. The Balaban J connectivity index is 0. The third kappa shape index (κ3) is 7.45. The van der Waals surface area contributed by atoms with Gasteiger partial charge in [0.25, 0.3) is 0 Å². The van der Waals surface area contributed by atoms with Crippen LogP contribution in [0.2, 0.25) is 0 Å². The standard InChI is InChI=1S/C19H30.C2H6.H2O.H2/c1-3-4-5-6-7-8-9-17-11-13-18-14-16(2)10-12-19(18)15-17;1-2;;/h11,13,15-16H,3-10,12,14H2,1-2H3;1-2H3;1H2;1H. The van der Waals surface area contributed by atoms with Gasteiger partial charge in [-0.05, 0) is 54.7 Å². The lowest BCUT2D eigenvalue weighted by Gasteiger charge is -2.22. The summed E-state index contributed by atoms with van der Waals surface area (Å²) < 4.78 is 0. The van der Waals surface area contributed by atoms with E-state index in [2.05, 4.69) is 32.0 Å². The summed E-state index contributed by atoms with van der Waals surface area (Å²) in [5.41, 5.74) is 4.83. The van der Waals surface area contributed by atoms with Crippen molar-refractivity contribution in [2.75, 3.05) is 0 Å². The fourth-order valence-electron chi connectivity index (χ4n) is 3.26. The van der Waals surface area contributed by atoms with E-state index in [1.54, 1.807) is 16.7 Å². The molecule has 1 nitrogen and oxygen atoms in total. The number of hydrogen-bond acceptors (Lipinski definition) is 0. The van der Waals surface area contributed by atoms with Gasteiger partial charge in [0.1, 0.15) is 0 Å². The Morgan fingerprint density at radius 3 is 2.41 bits per heavy atom. The van der Waals surface area contributed by atoms with Gasteiger partial charge in [0.15, 0.2) is 0 Å². The lowest BCUT2D eigenvalue weighted by Crippen LogP contribution is -2.11. The van der Waals surface area contributed by atoms with E-state index < -0.39 is 0 Å². The molecule has 0 aromatic heterocycles. The molecule has 1 heteroatoms. The molecule has 0 spiro atoms. The van der Waals surface area contributed by atoms with E-state index in [4.69, 9.17) is 0 Å². The minimum atomic E-state index is 0. The van der Waals surface area contributed by atoms with Gasteiger partial charge in [-0.2, -0.15) is 0 Å². The molecule has 1 aromatic rings. The summed E-state index contributed by atoms with van der Waals surface area (Å²) in [6.45, 7) is 8.67. The van der Waals surface area contributed by atoms with Crippen molar-refractivity contribution in [3.63, 3.8) is 0 Å². The maximum absolute atomic E-state index is 2.49. The molecule has 1 atom stereocenters. The van der Waals surface area contributed by atoms with Gasteiger partial charge < -0.3 is 5.48 Å². The minimum Gasteiger partial charge on any atom is -0.412 e. The Kier molecular flexibility index (Phi) is 12.2. The Labute approximate surface area is 140 Å². The van der Waals surface area contributed by atoms with Gasteiger partial charge in [-0.25, -0.2) is 0 Å². The molecule has 0 aliphatic heterocycles. The van der Waals surface area contributed by atoms with Crippen LogP contribution in [0.25, 0.3) is 0 Å². The summed E-state index contributed by atoms with van der Waals surface area (Å²) >= 11 is 0. The molecule has 0 fully saturated rings. The normalized spacial score (nSPS) is 16.1. The fraction of sp³-hybridized carbons (Fsp3) is 0.714. The van der Waals surface area contributed by atoms with Gasteiger partial charge >= 0.3 is 0 Å². The van der Waals surface area contributed by atoms with Crippen LogP contribution >= 0.6 is 0 Å². The van der Waals surface area contributed by atoms with Crippen molar-refractivity contribution in [2.45, 2.75) is 91.9 Å². The highest BCUT2D eigenvalue weighted by Gasteiger charge is 2.14. The van der Waals surface area contributed by atoms with Crippen molar-refractivity contribution in [1.82, 2.24) is 0 Å². The molecular formula is C21H40O. The number of benzene rings is 1. The maximum Gasteiger partial charge on any atom is 0 e. The average Bonchev–Trinajstić information content (AvgIpc) is 2.53. The van der Waals surface area contributed by atoms with E-state index in [1.165, 1.54) is 64.2 Å². The van der Waals surface area contributed by atoms with Crippen molar-refractivity contribution in [3.05, 3.63) is 34.9 Å². The van der Waals surface area contributed by atoms with Crippen LogP contribution in [0.3, 0.4) is 0 Å². The van der Waals surface area contributed by atoms with Crippen LogP contribution in [-0.2, 0) is 19.3 Å². The minimum absolute atomic E-state index is 0. The summed E-state index contributed by atoms with van der Waals surface area (Å²) in [6.07, 6.45) is 13.7. The van der Waals surface area contributed by atoms with Crippen molar-refractivity contribution in [3.8, 4) is 0 Å². The number of aryl methyl sites for hydroxylation is 2. The molecule has 0 saturated heterocycles. The predicted octanol–water partition coefficient (Wildman–Crippen LogP) is 6.16. The van der Waals surface area contributed by atoms with E-state index in [-0.39, 0.29) is 6.90 Å². The summed E-state index contributed by atoms with van der Waals surface area (Å²) in [6, 6.07) is 7.27. The lowest BCUT2D eigenvalue weighted by atomic mass is 9.84. The molecule has 130 valence electrons. The number of unbranched alkanes of at least 4 members (excludes halogenated alkanes) is 5. The van der Waals surface area contributed by atoms with E-state index in [0.717, 1.165) is 5.92 Å². The summed E-state index contributed by atoms with van der Waals surface area (Å²) in [4.78, 5) is 0. The highest BCUT2D eigenvalue weighted by molar-refractivity contribution is 5.34. The largest absolute Gasteiger partial charge is 0.412 e. The second-order valence-electron chi connectivity index (χ2n) is 6.47. The second-order valence-corrected chi connectivity index (χ2v) is 6.47. The molecule has 0 bridgehead atoms. The zero-order valence-electron chi connectivity index (χ0n) is 15.4. The van der Waals surface area contributed by atoms with Crippen LogP contribution < -0.4 is 0 Å². The second kappa shape index (κ2) is 12.7. The van der Waals surface area contributed by atoms with E-state index in [0.29, 0.717) is 0 Å². The molecule has 0 amide bonds. The van der Waals surface area contributed by atoms with Crippen LogP contribution in [0.1, 0.15) is 90.8 Å². The monoisotopic (exact) mass is 308 g/mol. The van der Waals surface area contributed by atoms with Crippen molar-refractivity contribution in [2.24, 2.45) is 5.92 Å². The third-order valence-corrected chi connectivity index (χ3v) is 4.56. The van der Waals surface area contributed by atoms with E-state index >= 15 is 0 Å². The average molecular weight is 309 g/mol. The zero-order valence-corrected chi connectivity index (χ0v) is 15.4. The lowest BCUT2D eigenvalue weighted by molar-refractivity contribution is 0.500. The topological polar surface area (TPSA) is 31.5 Å². The van der Waals surface area contributed by atoms with Crippen LogP contribution in [-0.4, -0.2) is 5.48 Å². The van der Waals surface area contributed by atoms with Crippen molar-refractivity contribution < 1.29 is 6.90 Å². The Hall–Kier alpha value is -0.820. The number of fused-ring (bicyclic) bond motifs is 1. The predicted molar refractivity (Wildman–Crippen MR) is 102 cm³/mol. The fourth-order valence-corrected chi connectivity index (χ4v) is 3.26. The quantitative estimate of drug-likeness (QED) is 0.540. The molecule has 0 radical (unpaired) electrons. The first kappa shape index (κ1) is 21.2.